The number of ether oxygens (including phenoxy) is 1. The van der Waals surface area contributed by atoms with Crippen molar-refractivity contribution in [3.63, 3.8) is 0 Å². The first-order valence-electron chi connectivity index (χ1n) is 12.4. The van der Waals surface area contributed by atoms with Crippen LogP contribution in [0.2, 0.25) is 0 Å². The summed E-state index contributed by atoms with van der Waals surface area (Å²) in [5.41, 5.74) is 0.347. The van der Waals surface area contributed by atoms with E-state index in [1.54, 1.807) is 30.3 Å². The number of unbranched alkanes of at least 4 members (excludes halogenated alkanes) is 3. The lowest BCUT2D eigenvalue weighted by Gasteiger charge is -2.31. The summed E-state index contributed by atoms with van der Waals surface area (Å²) >= 11 is 0. The summed E-state index contributed by atoms with van der Waals surface area (Å²) in [5, 5.41) is 2.96. The van der Waals surface area contributed by atoms with Crippen molar-refractivity contribution in [2.75, 3.05) is 52.9 Å². The molecule has 0 unspecified atom stereocenters. The van der Waals surface area contributed by atoms with Crippen LogP contribution < -0.4 is 5.32 Å². The Morgan fingerprint density at radius 1 is 0.939 bits per heavy atom. The number of carbonyl (C=O) groups excluding carboxylic acids is 3. The van der Waals surface area contributed by atoms with E-state index in [2.05, 4.69) is 36.0 Å². The molecule has 7 heteroatoms. The lowest BCUT2D eigenvalue weighted by Crippen LogP contribution is -2.48. The van der Waals surface area contributed by atoms with Gasteiger partial charge in [0.05, 0.1) is 13.2 Å². The van der Waals surface area contributed by atoms with Gasteiger partial charge in [0.25, 0.3) is 5.78 Å². The van der Waals surface area contributed by atoms with Gasteiger partial charge < -0.3 is 15.0 Å². The van der Waals surface area contributed by atoms with Gasteiger partial charge in [0, 0.05) is 39.7 Å². The summed E-state index contributed by atoms with van der Waals surface area (Å²) in [4.78, 5) is 39.9. The van der Waals surface area contributed by atoms with Crippen molar-refractivity contribution in [1.29, 1.82) is 0 Å². The minimum absolute atomic E-state index is 0. The highest BCUT2D eigenvalue weighted by atomic mass is 16.5. The Bertz CT molecular complexity index is 651. The van der Waals surface area contributed by atoms with Crippen molar-refractivity contribution in [1.82, 2.24) is 15.1 Å². The standard InChI is InChI=1S/C21H31N3O4.C3H8.C2H6.H2/c1-23-12-14-24(15-13-23)17-19(25)22-11-7-2-3-8-16-28-21(27)20(26)18-9-5-4-6-10-18;1-3-2;1-2;/h4-6,9-10H,2-3,7-8,11-17H2,1H3,(H,22,25);3H2,1-2H3;1-2H3;1H. The molecule has 7 nitrogen and oxygen atoms in total. The number of likely N-dealkylation sites (N-methyl/N-ethyl adjacent to an activating group) is 1. The molecule has 1 fully saturated rings. The molecule has 0 spiro atoms. The van der Waals surface area contributed by atoms with E-state index in [0.29, 0.717) is 25.1 Å². The summed E-state index contributed by atoms with van der Waals surface area (Å²) in [5.74, 6) is -1.33. The largest absolute Gasteiger partial charge is 0.460 e. The van der Waals surface area contributed by atoms with Crippen molar-refractivity contribution in [3.05, 3.63) is 35.9 Å². The van der Waals surface area contributed by atoms with Gasteiger partial charge in [0.2, 0.25) is 5.91 Å². The molecule has 1 amide bonds. The van der Waals surface area contributed by atoms with Crippen LogP contribution in [0, 0.1) is 0 Å². The molecule has 33 heavy (non-hydrogen) atoms. The van der Waals surface area contributed by atoms with Gasteiger partial charge in [-0.05, 0) is 26.3 Å². The molecule has 190 valence electrons. The molecular weight excluding hydrogens is 418 g/mol. The van der Waals surface area contributed by atoms with Crippen LogP contribution in [0.25, 0.3) is 0 Å². The normalized spacial score (nSPS) is 13.6. The maximum absolute atomic E-state index is 11.9. The van der Waals surface area contributed by atoms with E-state index in [1.807, 2.05) is 13.8 Å². The molecule has 0 atom stereocenters. The zero-order chi connectivity index (χ0) is 24.9. The first-order valence-corrected chi connectivity index (χ1v) is 12.4. The molecule has 1 aliphatic rings. The third-order valence-electron chi connectivity index (χ3n) is 4.81. The average Bonchev–Trinajstić information content (AvgIpc) is 2.84. The van der Waals surface area contributed by atoms with Gasteiger partial charge in [-0.2, -0.15) is 0 Å². The molecule has 0 aliphatic carbocycles. The topological polar surface area (TPSA) is 79.0 Å². The third kappa shape index (κ3) is 15.3. The van der Waals surface area contributed by atoms with E-state index >= 15 is 0 Å². The van der Waals surface area contributed by atoms with E-state index in [0.717, 1.165) is 45.4 Å². The lowest BCUT2D eigenvalue weighted by molar-refractivity contribution is -0.138. The Labute approximate surface area is 202 Å². The first-order chi connectivity index (χ1) is 16.0. The van der Waals surface area contributed by atoms with Gasteiger partial charge in [0.15, 0.2) is 0 Å². The van der Waals surface area contributed by atoms with Gasteiger partial charge >= 0.3 is 5.97 Å². The van der Waals surface area contributed by atoms with E-state index < -0.39 is 11.8 Å². The second-order valence-corrected chi connectivity index (χ2v) is 7.88. The second-order valence-electron chi connectivity index (χ2n) is 7.88. The smallest absolute Gasteiger partial charge is 0.379 e. The van der Waals surface area contributed by atoms with Crippen LogP contribution in [0.3, 0.4) is 0 Å². The monoisotopic (exact) mass is 465 g/mol. The third-order valence-corrected chi connectivity index (χ3v) is 4.81. The van der Waals surface area contributed by atoms with Crippen molar-refractivity contribution in [2.24, 2.45) is 0 Å². The van der Waals surface area contributed by atoms with E-state index in [4.69, 9.17) is 4.74 Å². The van der Waals surface area contributed by atoms with Gasteiger partial charge in [-0.1, -0.05) is 70.9 Å². The van der Waals surface area contributed by atoms with Crippen LogP contribution in [-0.4, -0.2) is 80.4 Å². The Morgan fingerprint density at radius 2 is 1.52 bits per heavy atom. The SMILES string of the molecule is CC.CCC.CN1CCN(CC(=O)NCCCCCCOC(=O)C(=O)c2ccccc2)CC1.[HH]. The maximum atomic E-state index is 11.9. The van der Waals surface area contributed by atoms with Crippen LogP contribution in [-0.2, 0) is 14.3 Å². The predicted molar refractivity (Wildman–Crippen MR) is 137 cm³/mol. The van der Waals surface area contributed by atoms with Crippen LogP contribution in [0.4, 0.5) is 0 Å². The van der Waals surface area contributed by atoms with E-state index in [1.165, 1.54) is 6.42 Å². The van der Waals surface area contributed by atoms with E-state index in [-0.39, 0.29) is 13.9 Å². The number of amides is 1. The molecule has 1 aromatic carbocycles. The fourth-order valence-corrected chi connectivity index (χ4v) is 3.01. The number of rotatable bonds is 11. The molecule has 1 N–H and O–H groups in total. The molecule has 0 aromatic heterocycles. The van der Waals surface area contributed by atoms with Crippen molar-refractivity contribution >= 4 is 17.7 Å². The number of benzene rings is 1. The molecular formula is C26H47N3O4. The number of hydrogen-bond acceptors (Lipinski definition) is 6. The van der Waals surface area contributed by atoms with Crippen molar-refractivity contribution < 1.29 is 20.5 Å². The van der Waals surface area contributed by atoms with Gasteiger partial charge in [0.1, 0.15) is 0 Å². The zero-order valence-corrected chi connectivity index (χ0v) is 21.4. The Hall–Kier alpha value is -2.25. The predicted octanol–water partition coefficient (Wildman–Crippen LogP) is 4.03. The van der Waals surface area contributed by atoms with Crippen LogP contribution in [0.1, 0.15) is 71.6 Å². The summed E-state index contributed by atoms with van der Waals surface area (Å²) in [7, 11) is 2.10. The molecule has 2 rings (SSSR count). The molecule has 0 radical (unpaired) electrons. The second kappa shape index (κ2) is 20.4. The minimum atomic E-state index is -0.803. The van der Waals surface area contributed by atoms with Crippen molar-refractivity contribution in [3.8, 4) is 0 Å². The summed E-state index contributed by atoms with van der Waals surface area (Å²) in [6.45, 7) is 13.5. The number of piperazine rings is 1. The Balaban J connectivity index is 0. The Kier molecular flexibility index (Phi) is 19.0. The van der Waals surface area contributed by atoms with E-state index in [9.17, 15) is 14.4 Å². The van der Waals surface area contributed by atoms with Crippen LogP contribution in [0.15, 0.2) is 30.3 Å². The first kappa shape index (κ1) is 30.8. The number of nitrogens with one attached hydrogen (secondary N) is 1. The van der Waals surface area contributed by atoms with Gasteiger partial charge in [-0.15, -0.1) is 0 Å². The highest BCUT2D eigenvalue weighted by molar-refractivity contribution is 6.40. The molecule has 1 saturated heterocycles. The highest BCUT2D eigenvalue weighted by Crippen LogP contribution is 2.04. The fourth-order valence-electron chi connectivity index (χ4n) is 3.01. The quantitative estimate of drug-likeness (QED) is 0.230. The number of carbonyl (C=O) groups is 3. The van der Waals surface area contributed by atoms with Gasteiger partial charge in [-0.25, -0.2) is 4.79 Å². The summed E-state index contributed by atoms with van der Waals surface area (Å²) in [6.07, 6.45) is 4.69. The molecule has 1 aliphatic heterocycles. The molecule has 1 heterocycles. The molecule has 0 saturated carbocycles. The molecule has 1 aromatic rings. The summed E-state index contributed by atoms with van der Waals surface area (Å²) < 4.78 is 5.03. The summed E-state index contributed by atoms with van der Waals surface area (Å²) in [6, 6.07) is 8.41. The van der Waals surface area contributed by atoms with Crippen molar-refractivity contribution in [2.45, 2.75) is 59.8 Å². The lowest BCUT2D eigenvalue weighted by atomic mass is 10.1. The fraction of sp³-hybridized carbons (Fsp3) is 0.654. The number of nitrogens with zero attached hydrogens (tertiary/aromatic N) is 2. The average molecular weight is 466 g/mol. The number of Topliss-reactive ketones (excluding diaryl/α,β-unsaturated/α-hetero) is 1. The number of hydrogen-bond donors (Lipinski definition) is 1. The minimum Gasteiger partial charge on any atom is -0.460 e. The number of esters is 1. The number of ketones is 1. The zero-order valence-electron chi connectivity index (χ0n) is 21.4. The molecule has 0 bridgehead atoms. The highest BCUT2D eigenvalue weighted by Gasteiger charge is 2.17. The van der Waals surface area contributed by atoms with Crippen LogP contribution in [0.5, 0.6) is 0 Å². The Morgan fingerprint density at radius 3 is 2.12 bits per heavy atom. The maximum Gasteiger partial charge on any atom is 0.379 e. The van der Waals surface area contributed by atoms with Crippen LogP contribution >= 0.6 is 0 Å². The van der Waals surface area contributed by atoms with Gasteiger partial charge in [-0.3, -0.25) is 14.5 Å².